The number of anilines is 1. The lowest BCUT2D eigenvalue weighted by Crippen LogP contribution is -2.45. The Kier molecular flexibility index (Phi) is 7.50. The van der Waals surface area contributed by atoms with Gasteiger partial charge in [0.05, 0.1) is 23.6 Å². The van der Waals surface area contributed by atoms with Crippen LogP contribution in [0.2, 0.25) is 0 Å². The van der Waals surface area contributed by atoms with Crippen LogP contribution in [0.1, 0.15) is 49.4 Å². The lowest BCUT2D eigenvalue weighted by atomic mass is 9.78. The minimum Gasteiger partial charge on any atom is -0.480 e. The fourth-order valence-corrected chi connectivity index (χ4v) is 6.41. The van der Waals surface area contributed by atoms with Crippen molar-refractivity contribution < 1.29 is 19.5 Å². The normalized spacial score (nSPS) is 20.1. The Bertz CT molecular complexity index is 1590. The number of benzene rings is 3. The molecule has 2 amide bonds. The summed E-state index contributed by atoms with van der Waals surface area (Å²) in [6.45, 7) is 3.82. The number of amides is 2. The average molecular weight is 550 g/mol. The standard InChI is InChI=1S/C32H27N3O4S/c1-19-8-12-23(13-9-19)30(36)27-26(25-7-4-16-40-25)29(31(37)38)35(28(27)22-14-10-21(18-33)11-15-22)32(39)34-24-6-3-5-20(2)17-24/h3-17,26-29H,1-2H3,(H,34,39)(H,37,38). The van der Waals surface area contributed by atoms with Gasteiger partial charge in [-0.3, -0.25) is 4.79 Å². The van der Waals surface area contributed by atoms with Crippen LogP contribution in [0.5, 0.6) is 0 Å². The largest absolute Gasteiger partial charge is 0.480 e. The second-order valence-electron chi connectivity index (χ2n) is 9.97. The number of nitrogens with zero attached hydrogens (tertiary/aromatic N) is 2. The van der Waals surface area contributed by atoms with Crippen LogP contribution in [0.3, 0.4) is 0 Å². The highest BCUT2D eigenvalue weighted by molar-refractivity contribution is 7.10. The molecule has 2 heterocycles. The molecule has 0 radical (unpaired) electrons. The monoisotopic (exact) mass is 549 g/mol. The molecule has 1 fully saturated rings. The molecule has 2 N–H and O–H groups in total. The van der Waals surface area contributed by atoms with Crippen LogP contribution < -0.4 is 5.32 Å². The van der Waals surface area contributed by atoms with Gasteiger partial charge in [-0.2, -0.15) is 5.26 Å². The molecule has 4 aromatic rings. The Hall–Kier alpha value is -4.74. The van der Waals surface area contributed by atoms with Crippen molar-refractivity contribution in [3.8, 4) is 6.07 Å². The number of carbonyl (C=O) groups excluding carboxylic acids is 2. The minimum atomic E-state index is -1.32. The second-order valence-corrected chi connectivity index (χ2v) is 10.9. The third-order valence-electron chi connectivity index (χ3n) is 7.32. The summed E-state index contributed by atoms with van der Waals surface area (Å²) in [5.74, 6) is -3.13. The molecule has 8 heteroatoms. The first kappa shape index (κ1) is 26.9. The van der Waals surface area contributed by atoms with Gasteiger partial charge in [0.2, 0.25) is 0 Å². The zero-order valence-corrected chi connectivity index (χ0v) is 22.8. The van der Waals surface area contributed by atoms with Gasteiger partial charge in [0.25, 0.3) is 0 Å². The number of urea groups is 1. The molecular formula is C32H27N3O4S. The molecule has 1 aromatic heterocycles. The summed E-state index contributed by atoms with van der Waals surface area (Å²) >= 11 is 1.37. The third kappa shape index (κ3) is 5.12. The Balaban J connectivity index is 1.70. The SMILES string of the molecule is Cc1ccc(C(=O)C2C(c3cccs3)C(C(=O)O)N(C(=O)Nc3cccc(C)c3)C2c2ccc(C#N)cc2)cc1. The molecule has 7 nitrogen and oxygen atoms in total. The quantitative estimate of drug-likeness (QED) is 0.265. The van der Waals surface area contributed by atoms with Crippen molar-refractivity contribution in [1.29, 1.82) is 5.26 Å². The highest BCUT2D eigenvalue weighted by Crippen LogP contribution is 2.52. The van der Waals surface area contributed by atoms with E-state index < -0.39 is 35.9 Å². The first-order chi connectivity index (χ1) is 19.3. The first-order valence-electron chi connectivity index (χ1n) is 12.8. The van der Waals surface area contributed by atoms with E-state index >= 15 is 0 Å². The lowest BCUT2D eigenvalue weighted by molar-refractivity contribution is -0.142. The fraction of sp³-hybridized carbons (Fsp3) is 0.188. The predicted octanol–water partition coefficient (Wildman–Crippen LogP) is 6.56. The van der Waals surface area contributed by atoms with Crippen molar-refractivity contribution in [2.75, 3.05) is 5.32 Å². The lowest BCUT2D eigenvalue weighted by Gasteiger charge is -2.30. The molecule has 200 valence electrons. The number of hydrogen-bond acceptors (Lipinski definition) is 5. The highest BCUT2D eigenvalue weighted by atomic mass is 32.1. The van der Waals surface area contributed by atoms with E-state index in [1.165, 1.54) is 16.2 Å². The van der Waals surface area contributed by atoms with E-state index in [-0.39, 0.29) is 5.78 Å². The van der Waals surface area contributed by atoms with Gasteiger partial charge in [-0.15, -0.1) is 11.3 Å². The topological polar surface area (TPSA) is 110 Å². The zero-order chi connectivity index (χ0) is 28.4. The molecule has 0 saturated carbocycles. The van der Waals surface area contributed by atoms with Crippen molar-refractivity contribution in [1.82, 2.24) is 4.90 Å². The van der Waals surface area contributed by atoms with Gasteiger partial charge in [0.15, 0.2) is 5.78 Å². The smallest absolute Gasteiger partial charge is 0.327 e. The van der Waals surface area contributed by atoms with E-state index in [4.69, 9.17) is 0 Å². The number of rotatable bonds is 6. The van der Waals surface area contributed by atoms with Gasteiger partial charge in [-0.1, -0.05) is 60.2 Å². The summed E-state index contributed by atoms with van der Waals surface area (Å²) in [5.41, 5.74) is 3.89. The summed E-state index contributed by atoms with van der Waals surface area (Å²) in [4.78, 5) is 43.3. The highest BCUT2D eigenvalue weighted by Gasteiger charge is 2.58. The number of carboxylic acids is 1. The Morgan fingerprint density at radius 2 is 1.65 bits per heavy atom. The van der Waals surface area contributed by atoms with Gasteiger partial charge in [-0.25, -0.2) is 9.59 Å². The number of hydrogen-bond donors (Lipinski definition) is 2. The summed E-state index contributed by atoms with van der Waals surface area (Å²) in [6.07, 6.45) is 0. The molecule has 4 unspecified atom stereocenters. The predicted molar refractivity (Wildman–Crippen MR) is 153 cm³/mol. The van der Waals surface area contributed by atoms with Crippen LogP contribution in [-0.4, -0.2) is 33.8 Å². The van der Waals surface area contributed by atoms with Gasteiger partial charge in [0.1, 0.15) is 6.04 Å². The van der Waals surface area contributed by atoms with Gasteiger partial charge >= 0.3 is 12.0 Å². The Morgan fingerprint density at radius 3 is 2.25 bits per heavy atom. The number of aliphatic carboxylic acids is 1. The van der Waals surface area contributed by atoms with E-state index in [0.29, 0.717) is 27.3 Å². The summed E-state index contributed by atoms with van der Waals surface area (Å²) in [6, 6.07) is 23.9. The Labute approximate surface area is 236 Å². The van der Waals surface area contributed by atoms with Crippen LogP contribution in [0.15, 0.2) is 90.3 Å². The van der Waals surface area contributed by atoms with E-state index in [9.17, 15) is 24.8 Å². The maximum atomic E-state index is 14.3. The molecule has 4 atom stereocenters. The number of carboxylic acid groups (broad SMARTS) is 1. The molecular weight excluding hydrogens is 522 g/mol. The summed E-state index contributed by atoms with van der Waals surface area (Å²) in [7, 11) is 0. The number of thiophene rings is 1. The molecule has 0 aliphatic carbocycles. The van der Waals surface area contributed by atoms with Crippen LogP contribution in [0.4, 0.5) is 10.5 Å². The minimum absolute atomic E-state index is 0.245. The maximum absolute atomic E-state index is 14.3. The number of ketones is 1. The zero-order valence-electron chi connectivity index (χ0n) is 21.9. The van der Waals surface area contributed by atoms with E-state index in [1.54, 1.807) is 54.6 Å². The average Bonchev–Trinajstić information content (AvgIpc) is 3.59. The molecule has 40 heavy (non-hydrogen) atoms. The van der Waals surface area contributed by atoms with Gasteiger partial charge in [0, 0.05) is 22.0 Å². The molecule has 1 saturated heterocycles. The molecule has 0 bridgehead atoms. The van der Waals surface area contributed by atoms with E-state index in [1.807, 2.05) is 49.6 Å². The van der Waals surface area contributed by atoms with Crippen LogP contribution in [-0.2, 0) is 4.79 Å². The van der Waals surface area contributed by atoms with Crippen molar-refractivity contribution in [2.45, 2.75) is 31.8 Å². The number of carbonyl (C=O) groups is 3. The van der Waals surface area contributed by atoms with Crippen molar-refractivity contribution >= 4 is 34.8 Å². The first-order valence-corrected chi connectivity index (χ1v) is 13.7. The van der Waals surface area contributed by atoms with E-state index in [0.717, 1.165) is 11.1 Å². The van der Waals surface area contributed by atoms with Gasteiger partial charge < -0.3 is 15.3 Å². The maximum Gasteiger partial charge on any atom is 0.327 e. The molecule has 0 spiro atoms. The molecule has 5 rings (SSSR count). The fourth-order valence-electron chi connectivity index (χ4n) is 5.50. The van der Waals surface area contributed by atoms with Crippen LogP contribution in [0.25, 0.3) is 0 Å². The number of aryl methyl sites for hydroxylation is 2. The summed E-state index contributed by atoms with van der Waals surface area (Å²) in [5, 5.41) is 24.7. The number of likely N-dealkylation sites (tertiary alicyclic amines) is 1. The number of nitrogens with one attached hydrogen (secondary N) is 1. The van der Waals surface area contributed by atoms with Gasteiger partial charge in [-0.05, 0) is 60.7 Å². The van der Waals surface area contributed by atoms with Crippen molar-refractivity contribution in [3.63, 3.8) is 0 Å². The number of nitriles is 1. The Morgan fingerprint density at radius 1 is 0.925 bits per heavy atom. The van der Waals surface area contributed by atoms with E-state index in [2.05, 4.69) is 11.4 Å². The summed E-state index contributed by atoms with van der Waals surface area (Å²) < 4.78 is 0. The van der Waals surface area contributed by atoms with Crippen LogP contribution >= 0.6 is 11.3 Å². The van der Waals surface area contributed by atoms with Crippen molar-refractivity contribution in [3.05, 3.63) is 123 Å². The van der Waals surface area contributed by atoms with Crippen molar-refractivity contribution in [2.24, 2.45) is 5.92 Å². The number of Topliss-reactive ketones (excluding diaryl/α,β-unsaturated/α-hetero) is 1. The molecule has 1 aliphatic rings. The van der Waals surface area contributed by atoms with Crippen LogP contribution in [0, 0.1) is 31.1 Å². The molecule has 3 aromatic carbocycles. The second kappa shape index (κ2) is 11.2. The molecule has 1 aliphatic heterocycles. The third-order valence-corrected chi connectivity index (χ3v) is 8.29.